The number of aliphatic hydroxyl groups excluding tert-OH is 2. The van der Waals surface area contributed by atoms with Crippen LogP contribution in [0.5, 0.6) is 0 Å². The van der Waals surface area contributed by atoms with Crippen molar-refractivity contribution < 1.29 is 10.2 Å². The first-order valence-electron chi connectivity index (χ1n) is 6.08. The molecule has 90 valence electrons. The van der Waals surface area contributed by atoms with Gasteiger partial charge in [0.1, 0.15) is 6.10 Å². The molecule has 0 bridgehead atoms. The van der Waals surface area contributed by atoms with Crippen LogP contribution < -0.4 is 0 Å². The number of hydrogen-bond acceptors (Lipinski definition) is 2. The molecule has 0 amide bonds. The summed E-state index contributed by atoms with van der Waals surface area (Å²) in [7, 11) is 0. The molecule has 2 unspecified atom stereocenters. The average Bonchev–Trinajstić information content (AvgIpc) is 2.37. The molecule has 2 atom stereocenters. The van der Waals surface area contributed by atoms with Gasteiger partial charge in [-0.3, -0.25) is 0 Å². The van der Waals surface area contributed by atoms with Crippen LogP contribution in [0, 0.1) is 0 Å². The molecule has 2 heteroatoms. The third-order valence-electron chi connectivity index (χ3n) is 3.09. The van der Waals surface area contributed by atoms with E-state index in [0.29, 0.717) is 6.42 Å². The van der Waals surface area contributed by atoms with Crippen molar-refractivity contribution >= 4 is 10.8 Å². The molecule has 0 aliphatic rings. The molecule has 0 fully saturated rings. The molecule has 17 heavy (non-hydrogen) atoms. The van der Waals surface area contributed by atoms with E-state index in [4.69, 9.17) is 0 Å². The van der Waals surface area contributed by atoms with Crippen molar-refractivity contribution in [3.8, 4) is 0 Å². The van der Waals surface area contributed by atoms with Gasteiger partial charge in [0.25, 0.3) is 0 Å². The highest BCUT2D eigenvalue weighted by Gasteiger charge is 2.19. The summed E-state index contributed by atoms with van der Waals surface area (Å²) in [5.41, 5.74) is 0.809. The molecular weight excluding hydrogens is 212 g/mol. The van der Waals surface area contributed by atoms with Gasteiger partial charge in [0, 0.05) is 0 Å². The Balaban J connectivity index is 2.41. The molecule has 2 aromatic carbocycles. The monoisotopic (exact) mass is 230 g/mol. The van der Waals surface area contributed by atoms with Crippen LogP contribution in [0.4, 0.5) is 0 Å². The fourth-order valence-electron chi connectivity index (χ4n) is 2.17. The maximum Gasteiger partial charge on any atom is 0.105 e. The zero-order chi connectivity index (χ0) is 12.3. The minimum atomic E-state index is -0.805. The molecule has 0 aliphatic carbocycles. The second kappa shape index (κ2) is 5.30. The van der Waals surface area contributed by atoms with Gasteiger partial charge in [0.2, 0.25) is 0 Å². The van der Waals surface area contributed by atoms with E-state index in [-0.39, 0.29) is 0 Å². The Labute approximate surface area is 102 Å². The summed E-state index contributed by atoms with van der Waals surface area (Å²) in [5.74, 6) is 0. The van der Waals surface area contributed by atoms with E-state index < -0.39 is 12.2 Å². The minimum Gasteiger partial charge on any atom is -0.390 e. The lowest BCUT2D eigenvalue weighted by atomic mass is 9.96. The molecule has 0 aliphatic heterocycles. The van der Waals surface area contributed by atoms with Gasteiger partial charge in [-0.25, -0.2) is 0 Å². The summed E-state index contributed by atoms with van der Waals surface area (Å²) < 4.78 is 0. The number of fused-ring (bicyclic) bond motifs is 1. The van der Waals surface area contributed by atoms with E-state index in [1.807, 2.05) is 49.4 Å². The first kappa shape index (κ1) is 12.1. The third-order valence-corrected chi connectivity index (χ3v) is 3.09. The molecule has 2 nitrogen and oxygen atoms in total. The molecule has 0 saturated heterocycles. The second-order valence-corrected chi connectivity index (χ2v) is 4.37. The number of aliphatic hydroxyl groups is 2. The lowest BCUT2D eigenvalue weighted by Gasteiger charge is -2.19. The highest BCUT2D eigenvalue weighted by Crippen LogP contribution is 2.27. The van der Waals surface area contributed by atoms with E-state index in [1.165, 1.54) is 0 Å². The molecule has 0 aromatic heterocycles. The molecule has 0 radical (unpaired) electrons. The molecule has 0 saturated carbocycles. The molecule has 2 aromatic rings. The van der Waals surface area contributed by atoms with Gasteiger partial charge in [-0.15, -0.1) is 0 Å². The highest BCUT2D eigenvalue weighted by molar-refractivity contribution is 5.86. The summed E-state index contributed by atoms with van der Waals surface area (Å²) >= 11 is 0. The van der Waals surface area contributed by atoms with E-state index in [0.717, 1.165) is 22.8 Å². The Bertz CT molecular complexity index is 488. The van der Waals surface area contributed by atoms with Gasteiger partial charge >= 0.3 is 0 Å². The zero-order valence-corrected chi connectivity index (χ0v) is 10.0. The Morgan fingerprint density at radius 3 is 2.47 bits per heavy atom. The van der Waals surface area contributed by atoms with Crippen molar-refractivity contribution in [2.75, 3.05) is 0 Å². The topological polar surface area (TPSA) is 40.5 Å². The largest absolute Gasteiger partial charge is 0.390 e. The predicted octanol–water partition coefficient (Wildman–Crippen LogP) is 3.03. The summed E-state index contributed by atoms with van der Waals surface area (Å²) in [4.78, 5) is 0. The fraction of sp³-hybridized carbons (Fsp3) is 0.333. The SMILES string of the molecule is CCCC(O)C(O)c1cccc2ccccc12. The van der Waals surface area contributed by atoms with Crippen molar-refractivity contribution in [2.45, 2.75) is 32.0 Å². The van der Waals surface area contributed by atoms with Gasteiger partial charge in [0.05, 0.1) is 6.10 Å². The van der Waals surface area contributed by atoms with E-state index in [2.05, 4.69) is 0 Å². The smallest absolute Gasteiger partial charge is 0.105 e. The van der Waals surface area contributed by atoms with Gasteiger partial charge < -0.3 is 10.2 Å². The first-order valence-corrected chi connectivity index (χ1v) is 6.08. The quantitative estimate of drug-likeness (QED) is 0.847. The van der Waals surface area contributed by atoms with Crippen LogP contribution in [0.2, 0.25) is 0 Å². The van der Waals surface area contributed by atoms with Gasteiger partial charge in [-0.05, 0) is 22.8 Å². The van der Waals surface area contributed by atoms with Crippen LogP contribution >= 0.6 is 0 Å². The Morgan fingerprint density at radius 2 is 1.71 bits per heavy atom. The van der Waals surface area contributed by atoms with Crippen LogP contribution in [0.15, 0.2) is 42.5 Å². The van der Waals surface area contributed by atoms with Crippen molar-refractivity contribution in [1.82, 2.24) is 0 Å². The van der Waals surface area contributed by atoms with Crippen LogP contribution in [0.3, 0.4) is 0 Å². The minimum absolute atomic E-state index is 0.615. The predicted molar refractivity (Wildman–Crippen MR) is 69.8 cm³/mol. The number of benzene rings is 2. The van der Waals surface area contributed by atoms with Crippen LogP contribution in [-0.2, 0) is 0 Å². The van der Waals surface area contributed by atoms with Crippen molar-refractivity contribution in [1.29, 1.82) is 0 Å². The normalized spacial score (nSPS) is 14.8. The van der Waals surface area contributed by atoms with Crippen LogP contribution in [0.25, 0.3) is 10.8 Å². The molecular formula is C15H18O2. The van der Waals surface area contributed by atoms with Gasteiger partial charge in [-0.1, -0.05) is 55.8 Å². The van der Waals surface area contributed by atoms with Crippen molar-refractivity contribution in [3.63, 3.8) is 0 Å². The molecule has 0 heterocycles. The highest BCUT2D eigenvalue weighted by atomic mass is 16.3. The summed E-state index contributed by atoms with van der Waals surface area (Å²) in [6, 6.07) is 13.7. The van der Waals surface area contributed by atoms with Crippen molar-refractivity contribution in [3.05, 3.63) is 48.0 Å². The fourth-order valence-corrected chi connectivity index (χ4v) is 2.17. The Kier molecular flexibility index (Phi) is 3.77. The average molecular weight is 230 g/mol. The maximum atomic E-state index is 10.2. The summed E-state index contributed by atoms with van der Waals surface area (Å²) in [5, 5.41) is 22.2. The molecule has 2 rings (SSSR count). The molecule has 2 N–H and O–H groups in total. The Hall–Kier alpha value is -1.38. The Morgan fingerprint density at radius 1 is 1.00 bits per heavy atom. The van der Waals surface area contributed by atoms with Gasteiger partial charge in [0.15, 0.2) is 0 Å². The lowest BCUT2D eigenvalue weighted by molar-refractivity contribution is 0.0139. The summed E-state index contributed by atoms with van der Waals surface area (Å²) in [6.45, 7) is 2.00. The van der Waals surface area contributed by atoms with Crippen molar-refractivity contribution in [2.24, 2.45) is 0 Å². The van der Waals surface area contributed by atoms with E-state index >= 15 is 0 Å². The number of hydrogen-bond donors (Lipinski definition) is 2. The van der Waals surface area contributed by atoms with Crippen LogP contribution in [-0.4, -0.2) is 16.3 Å². The first-order chi connectivity index (χ1) is 8.24. The number of rotatable bonds is 4. The summed E-state index contributed by atoms with van der Waals surface area (Å²) in [6.07, 6.45) is -0.0141. The zero-order valence-electron chi connectivity index (χ0n) is 10.0. The van der Waals surface area contributed by atoms with E-state index in [9.17, 15) is 10.2 Å². The molecule has 0 spiro atoms. The van der Waals surface area contributed by atoms with Crippen LogP contribution in [0.1, 0.15) is 31.4 Å². The third kappa shape index (κ3) is 2.48. The van der Waals surface area contributed by atoms with Gasteiger partial charge in [-0.2, -0.15) is 0 Å². The second-order valence-electron chi connectivity index (χ2n) is 4.37. The standard InChI is InChI=1S/C15H18O2/c1-2-6-14(16)15(17)13-10-5-8-11-7-3-4-9-12(11)13/h3-5,7-10,14-17H,2,6H2,1H3. The lowest BCUT2D eigenvalue weighted by Crippen LogP contribution is -2.18. The maximum absolute atomic E-state index is 10.2. The van der Waals surface area contributed by atoms with E-state index in [1.54, 1.807) is 0 Å².